The molecule has 9 heteroatoms. The highest BCUT2D eigenvalue weighted by Gasteiger charge is 2.16. The largest absolute Gasteiger partial charge is 0.454 e. The SMILES string of the molecule is Cn1c(=NC(=O)c2ccc3c(c2)OCO3)sc2ccc([N+](=O)[O-])cc21. The summed E-state index contributed by atoms with van der Waals surface area (Å²) in [6, 6.07) is 9.43. The lowest BCUT2D eigenvalue weighted by molar-refractivity contribution is -0.384. The Labute approximate surface area is 144 Å². The van der Waals surface area contributed by atoms with Gasteiger partial charge in [0, 0.05) is 24.7 Å². The van der Waals surface area contributed by atoms with E-state index in [0.29, 0.717) is 27.4 Å². The highest BCUT2D eigenvalue weighted by molar-refractivity contribution is 7.16. The third kappa shape index (κ3) is 2.64. The first kappa shape index (κ1) is 15.3. The van der Waals surface area contributed by atoms with Crippen molar-refractivity contribution in [3.63, 3.8) is 0 Å². The quantitative estimate of drug-likeness (QED) is 0.519. The Hall–Kier alpha value is -3.20. The molecule has 126 valence electrons. The average molecular weight is 357 g/mol. The second-order valence-electron chi connectivity index (χ2n) is 5.34. The molecular weight excluding hydrogens is 346 g/mol. The van der Waals surface area contributed by atoms with Crippen molar-refractivity contribution in [2.75, 3.05) is 6.79 Å². The number of nitrogens with zero attached hydrogens (tertiary/aromatic N) is 3. The number of hydrogen-bond acceptors (Lipinski definition) is 6. The maximum absolute atomic E-state index is 12.4. The molecule has 0 unspecified atom stereocenters. The van der Waals surface area contributed by atoms with Crippen LogP contribution in [0.1, 0.15) is 10.4 Å². The van der Waals surface area contributed by atoms with Crippen molar-refractivity contribution in [1.82, 2.24) is 4.57 Å². The maximum atomic E-state index is 12.4. The molecule has 0 aliphatic carbocycles. The average Bonchev–Trinajstić information content (AvgIpc) is 3.19. The van der Waals surface area contributed by atoms with E-state index in [1.54, 1.807) is 35.9 Å². The summed E-state index contributed by atoms with van der Waals surface area (Å²) in [6.07, 6.45) is 0. The first-order chi connectivity index (χ1) is 12.0. The summed E-state index contributed by atoms with van der Waals surface area (Å²) >= 11 is 1.29. The Balaban J connectivity index is 1.77. The van der Waals surface area contributed by atoms with Gasteiger partial charge in [0.15, 0.2) is 16.3 Å². The molecule has 0 bridgehead atoms. The fraction of sp³-hybridized carbons (Fsp3) is 0.125. The molecule has 0 saturated carbocycles. The second-order valence-corrected chi connectivity index (χ2v) is 6.35. The number of carbonyl (C=O) groups is 1. The number of nitro groups is 1. The number of rotatable bonds is 2. The lowest BCUT2D eigenvalue weighted by atomic mass is 10.2. The standard InChI is InChI=1S/C16H11N3O5S/c1-18-11-7-10(19(21)22)3-5-14(11)25-16(18)17-15(20)9-2-4-12-13(6-9)24-8-23-12/h2-7H,8H2,1H3. The number of thiazole rings is 1. The minimum Gasteiger partial charge on any atom is -0.454 e. The number of benzene rings is 2. The van der Waals surface area contributed by atoms with Crippen LogP contribution in [-0.2, 0) is 7.05 Å². The van der Waals surface area contributed by atoms with Crippen LogP contribution in [0.3, 0.4) is 0 Å². The zero-order chi connectivity index (χ0) is 17.6. The molecule has 0 saturated heterocycles. The van der Waals surface area contributed by atoms with Gasteiger partial charge in [-0.3, -0.25) is 14.9 Å². The van der Waals surface area contributed by atoms with Crippen LogP contribution in [0.5, 0.6) is 11.5 Å². The van der Waals surface area contributed by atoms with Crippen LogP contribution in [0, 0.1) is 10.1 Å². The van der Waals surface area contributed by atoms with Crippen molar-refractivity contribution in [1.29, 1.82) is 0 Å². The third-order valence-electron chi connectivity index (χ3n) is 3.82. The van der Waals surface area contributed by atoms with Crippen molar-refractivity contribution in [3.8, 4) is 11.5 Å². The lowest BCUT2D eigenvalue weighted by Crippen LogP contribution is -2.13. The van der Waals surface area contributed by atoms with Crippen LogP contribution in [-0.4, -0.2) is 22.2 Å². The van der Waals surface area contributed by atoms with Crippen LogP contribution in [0.15, 0.2) is 41.4 Å². The number of aromatic nitrogens is 1. The first-order valence-electron chi connectivity index (χ1n) is 7.25. The molecule has 1 aliphatic heterocycles. The lowest BCUT2D eigenvalue weighted by Gasteiger charge is -1.99. The van der Waals surface area contributed by atoms with E-state index in [2.05, 4.69) is 4.99 Å². The number of aryl methyl sites for hydroxylation is 1. The van der Waals surface area contributed by atoms with Crippen molar-refractivity contribution >= 4 is 33.1 Å². The molecule has 2 heterocycles. The molecule has 1 aliphatic rings. The summed E-state index contributed by atoms with van der Waals surface area (Å²) in [5.74, 6) is 0.684. The van der Waals surface area contributed by atoms with Gasteiger partial charge < -0.3 is 14.0 Å². The summed E-state index contributed by atoms with van der Waals surface area (Å²) < 4.78 is 13.0. The monoisotopic (exact) mass is 357 g/mol. The van der Waals surface area contributed by atoms with Crippen LogP contribution in [0.2, 0.25) is 0 Å². The molecule has 0 N–H and O–H groups in total. The van der Waals surface area contributed by atoms with E-state index >= 15 is 0 Å². The van der Waals surface area contributed by atoms with Crippen molar-refractivity contribution in [2.24, 2.45) is 12.0 Å². The maximum Gasteiger partial charge on any atom is 0.279 e. The van der Waals surface area contributed by atoms with E-state index in [0.717, 1.165) is 4.70 Å². The van der Waals surface area contributed by atoms with Crippen molar-refractivity contribution < 1.29 is 19.2 Å². The van der Waals surface area contributed by atoms with Gasteiger partial charge in [-0.25, -0.2) is 0 Å². The van der Waals surface area contributed by atoms with Gasteiger partial charge in [-0.2, -0.15) is 4.99 Å². The van der Waals surface area contributed by atoms with Crippen molar-refractivity contribution in [2.45, 2.75) is 0 Å². The van der Waals surface area contributed by atoms with Gasteiger partial charge in [-0.15, -0.1) is 0 Å². The number of hydrogen-bond donors (Lipinski definition) is 0. The Kier molecular flexibility index (Phi) is 3.50. The van der Waals surface area contributed by atoms with E-state index in [1.165, 1.54) is 23.5 Å². The number of fused-ring (bicyclic) bond motifs is 2. The fourth-order valence-electron chi connectivity index (χ4n) is 2.52. The Morgan fingerprint density at radius 1 is 1.24 bits per heavy atom. The topological polar surface area (TPSA) is 96.0 Å². The molecular formula is C16H11N3O5S. The molecule has 0 fully saturated rings. The number of carbonyl (C=O) groups excluding carboxylic acids is 1. The highest BCUT2D eigenvalue weighted by Crippen LogP contribution is 2.32. The Morgan fingerprint density at radius 3 is 2.84 bits per heavy atom. The van der Waals surface area contributed by atoms with E-state index in [4.69, 9.17) is 9.47 Å². The van der Waals surface area contributed by atoms with Crippen LogP contribution < -0.4 is 14.3 Å². The summed E-state index contributed by atoms with van der Waals surface area (Å²) in [5, 5.41) is 10.9. The molecule has 3 aromatic rings. The molecule has 8 nitrogen and oxygen atoms in total. The molecule has 4 rings (SSSR count). The molecule has 25 heavy (non-hydrogen) atoms. The Morgan fingerprint density at radius 2 is 2.04 bits per heavy atom. The fourth-order valence-corrected chi connectivity index (χ4v) is 3.51. The van der Waals surface area contributed by atoms with Gasteiger partial charge in [0.1, 0.15) is 0 Å². The molecule has 0 atom stereocenters. The minimum absolute atomic E-state index is 0.00505. The van der Waals surface area contributed by atoms with Crippen LogP contribution in [0.4, 0.5) is 5.69 Å². The zero-order valence-electron chi connectivity index (χ0n) is 13.0. The van der Waals surface area contributed by atoms with Gasteiger partial charge in [-0.05, 0) is 24.3 Å². The van der Waals surface area contributed by atoms with Gasteiger partial charge in [0.25, 0.3) is 11.6 Å². The summed E-state index contributed by atoms with van der Waals surface area (Å²) in [4.78, 5) is 27.5. The molecule has 2 aromatic carbocycles. The third-order valence-corrected chi connectivity index (χ3v) is 4.93. The van der Waals surface area contributed by atoms with E-state index in [9.17, 15) is 14.9 Å². The second kappa shape index (κ2) is 5.71. The highest BCUT2D eigenvalue weighted by atomic mass is 32.1. The smallest absolute Gasteiger partial charge is 0.279 e. The van der Waals surface area contributed by atoms with Gasteiger partial charge >= 0.3 is 0 Å². The molecule has 0 spiro atoms. The van der Waals surface area contributed by atoms with Gasteiger partial charge in [0.05, 0.1) is 15.1 Å². The van der Waals surface area contributed by atoms with Crippen LogP contribution >= 0.6 is 11.3 Å². The molecule has 1 aromatic heterocycles. The Bertz CT molecular complexity index is 1100. The molecule has 1 amide bonds. The van der Waals surface area contributed by atoms with E-state index in [1.807, 2.05) is 0 Å². The number of nitro benzene ring substituents is 1. The normalized spacial score (nSPS) is 13.4. The molecule has 0 radical (unpaired) electrons. The summed E-state index contributed by atoms with van der Waals surface area (Å²) in [6.45, 7) is 0.133. The predicted molar refractivity (Wildman–Crippen MR) is 89.9 cm³/mol. The number of ether oxygens (including phenoxy) is 2. The number of non-ortho nitro benzene ring substituents is 1. The predicted octanol–water partition coefficient (Wildman–Crippen LogP) is 2.62. The van der Waals surface area contributed by atoms with Crippen molar-refractivity contribution in [3.05, 3.63) is 56.9 Å². The summed E-state index contributed by atoms with van der Waals surface area (Å²) in [5.41, 5.74) is 1.03. The zero-order valence-corrected chi connectivity index (χ0v) is 13.8. The van der Waals surface area contributed by atoms with Crippen LogP contribution in [0.25, 0.3) is 10.2 Å². The number of amides is 1. The van der Waals surface area contributed by atoms with E-state index < -0.39 is 10.8 Å². The van der Waals surface area contributed by atoms with Gasteiger partial charge in [-0.1, -0.05) is 11.3 Å². The minimum atomic E-state index is -0.453. The van der Waals surface area contributed by atoms with Gasteiger partial charge in [0.2, 0.25) is 6.79 Å². The van der Waals surface area contributed by atoms with E-state index in [-0.39, 0.29) is 12.5 Å². The summed E-state index contributed by atoms with van der Waals surface area (Å²) in [7, 11) is 1.72. The first-order valence-corrected chi connectivity index (χ1v) is 8.07.